The fourth-order valence-corrected chi connectivity index (χ4v) is 0.643. The van der Waals surface area contributed by atoms with Crippen LogP contribution in [0.25, 0.3) is 0 Å². The third-order valence-corrected chi connectivity index (χ3v) is 1.12. The molecule has 2 N–H and O–H groups in total. The Bertz CT molecular complexity index is 338. The molecule has 0 aromatic heterocycles. The second-order valence-electron chi connectivity index (χ2n) is 2.02. The second-order valence-corrected chi connectivity index (χ2v) is 2.45. The molecule has 1 aromatic carbocycles. The number of hydrogen-bond acceptors (Lipinski definition) is 4. The van der Waals surface area contributed by atoms with Gasteiger partial charge in [-0.3, -0.25) is 0 Å². The monoisotopic (exact) mass is 241 g/mol. The Balaban J connectivity index is 0. The van der Waals surface area contributed by atoms with Crippen LogP contribution in [0.3, 0.4) is 0 Å². The van der Waals surface area contributed by atoms with Gasteiger partial charge >= 0.3 is 35.5 Å². The molecule has 0 spiro atoms. The van der Waals surface area contributed by atoms with Crippen molar-refractivity contribution in [3.63, 3.8) is 0 Å². The number of carboxylic acid groups (broad SMARTS) is 1. The summed E-state index contributed by atoms with van der Waals surface area (Å²) in [6.07, 6.45) is 0. The maximum Gasteiger partial charge on any atom is 1.00 e. The van der Waals surface area contributed by atoms with Gasteiger partial charge in [0.1, 0.15) is 0 Å². The minimum absolute atomic E-state index is 0. The normalized spacial score (nSPS) is 10.3. The predicted molar refractivity (Wildman–Crippen MR) is 44.4 cm³/mol. The molecule has 0 aliphatic rings. The first kappa shape index (κ1) is 17.0. The molecule has 0 radical (unpaired) electrons. The van der Waals surface area contributed by atoms with Crippen LogP contribution < -0.4 is 34.7 Å². The Morgan fingerprint density at radius 3 is 2.00 bits per heavy atom. The molecule has 0 fully saturated rings. The van der Waals surface area contributed by atoms with Crippen molar-refractivity contribution in [1.82, 2.24) is 0 Å². The maximum atomic E-state index is 10.7. The third kappa shape index (κ3) is 8.55. The van der Waals surface area contributed by atoms with Gasteiger partial charge < -0.3 is 19.3 Å². The molecule has 0 saturated carbocycles. The summed E-state index contributed by atoms with van der Waals surface area (Å²) in [5.74, 6) is -1.62. The average molecular weight is 241 g/mol. The standard InChI is InChI=1S/C7H6O3.Na.H2O3S/c8-6-4-2-1-3-5(6)7(9)10;;1-4(2)3/h1-4,8H,(H,9,10);;(H2,1,2,3)/q;+1;/p-2. The molecule has 1 atom stereocenters. The molecule has 0 amide bonds. The van der Waals surface area contributed by atoms with E-state index in [1.807, 2.05) is 0 Å². The van der Waals surface area contributed by atoms with Crippen molar-refractivity contribution in [3.8, 4) is 5.75 Å². The molecule has 1 unspecified atom stereocenters. The van der Waals surface area contributed by atoms with Crippen molar-refractivity contribution in [2.75, 3.05) is 0 Å². The summed E-state index contributed by atoms with van der Waals surface area (Å²) in [5, 5.41) is 19.0. The van der Waals surface area contributed by atoms with Gasteiger partial charge in [0.25, 0.3) is 0 Å². The average Bonchev–Trinajstić information content (AvgIpc) is 2.03. The summed E-state index contributed by atoms with van der Waals surface area (Å²) in [5.41, 5.74) is -0.178. The van der Waals surface area contributed by atoms with Crippen molar-refractivity contribution in [1.29, 1.82) is 0 Å². The van der Waals surface area contributed by atoms with E-state index < -0.39 is 23.1 Å². The Hall–Kier alpha value is -0.440. The molecule has 0 aliphatic carbocycles. The number of hydrogen-bond donors (Lipinski definition) is 2. The largest absolute Gasteiger partial charge is 1.00 e. The Morgan fingerprint density at radius 1 is 1.33 bits per heavy atom. The zero-order valence-electron chi connectivity index (χ0n) is 7.75. The molecule has 1 aromatic rings. The van der Waals surface area contributed by atoms with E-state index in [0.29, 0.717) is 0 Å². The first-order chi connectivity index (χ1) is 6.45. The molecule has 78 valence electrons. The van der Waals surface area contributed by atoms with Gasteiger partial charge in [-0.15, -0.1) is 0 Å². The van der Waals surface area contributed by atoms with Crippen LogP contribution in [-0.2, 0) is 11.4 Å². The van der Waals surface area contributed by atoms with Crippen LogP contribution in [0.2, 0.25) is 0 Å². The first-order valence-corrected chi connectivity index (χ1v) is 4.26. The topological polar surface area (TPSA) is 121 Å². The van der Waals surface area contributed by atoms with Crippen LogP contribution in [-0.4, -0.2) is 24.4 Å². The Morgan fingerprint density at radius 2 is 1.73 bits per heavy atom. The molecule has 8 heteroatoms. The van der Waals surface area contributed by atoms with Gasteiger partial charge in [0.15, 0.2) is 0 Å². The number of para-hydroxylation sites is 1. The van der Waals surface area contributed by atoms with E-state index in [1.165, 1.54) is 24.3 Å². The van der Waals surface area contributed by atoms with Crippen molar-refractivity contribution >= 4 is 17.3 Å². The minimum atomic E-state index is -2.86. The van der Waals surface area contributed by atoms with Gasteiger partial charge in [0, 0.05) is 0 Å². The van der Waals surface area contributed by atoms with Crippen molar-refractivity contribution in [3.05, 3.63) is 29.8 Å². The van der Waals surface area contributed by atoms with Gasteiger partial charge in [-0.2, -0.15) is 0 Å². The van der Waals surface area contributed by atoms with Gasteiger partial charge in [0.2, 0.25) is 0 Å². The molecule has 0 aliphatic heterocycles. The fraction of sp³-hybridized carbons (Fsp3) is 0. The zero-order chi connectivity index (χ0) is 11.1. The van der Waals surface area contributed by atoms with Gasteiger partial charge in [0.05, 0.1) is 16.9 Å². The van der Waals surface area contributed by atoms with Gasteiger partial charge in [-0.25, -0.2) is 9.00 Å². The van der Waals surface area contributed by atoms with E-state index in [0.717, 1.165) is 0 Å². The smallest absolute Gasteiger partial charge is 0.872 e. The molecule has 0 saturated heterocycles. The molecule has 1 rings (SSSR count). The van der Waals surface area contributed by atoms with E-state index in [2.05, 4.69) is 0 Å². The van der Waals surface area contributed by atoms with Crippen molar-refractivity contribution in [2.45, 2.75) is 0 Å². The fourth-order valence-electron chi connectivity index (χ4n) is 0.643. The number of rotatable bonds is 1. The second kappa shape index (κ2) is 8.84. The number of carboxylic acids is 1. The summed E-state index contributed by atoms with van der Waals surface area (Å²) < 4.78 is 24.1. The molecule has 0 bridgehead atoms. The van der Waals surface area contributed by atoms with Crippen LogP contribution in [0.4, 0.5) is 0 Å². The van der Waals surface area contributed by atoms with Crippen molar-refractivity contribution < 1.29 is 57.9 Å². The third-order valence-electron chi connectivity index (χ3n) is 1.12. The van der Waals surface area contributed by atoms with Crippen LogP contribution in [0, 0.1) is 0 Å². The van der Waals surface area contributed by atoms with Crippen LogP contribution in [0.1, 0.15) is 10.4 Å². The number of benzene rings is 1. The number of aromatic carboxylic acids is 1. The zero-order valence-corrected chi connectivity index (χ0v) is 10.6. The SMILES string of the molecule is O=C(O)c1ccccc1[O-].O=S([O-])O.[Na+]. The predicted octanol–water partition coefficient (Wildman–Crippen LogP) is -3.20. The first-order valence-electron chi connectivity index (χ1n) is 3.23. The van der Waals surface area contributed by atoms with Crippen LogP contribution in [0.5, 0.6) is 5.75 Å². The number of carbonyl (C=O) groups is 1. The summed E-state index contributed by atoms with van der Waals surface area (Å²) in [6.45, 7) is 0. The van der Waals surface area contributed by atoms with E-state index >= 15 is 0 Å². The van der Waals surface area contributed by atoms with Gasteiger partial charge in [-0.05, 0) is 6.07 Å². The molecule has 15 heavy (non-hydrogen) atoms. The van der Waals surface area contributed by atoms with E-state index in [4.69, 9.17) is 18.4 Å². The molecule has 6 nitrogen and oxygen atoms in total. The van der Waals surface area contributed by atoms with Crippen LogP contribution in [0.15, 0.2) is 24.3 Å². The van der Waals surface area contributed by atoms with E-state index in [-0.39, 0.29) is 35.1 Å². The van der Waals surface area contributed by atoms with Crippen molar-refractivity contribution in [2.24, 2.45) is 0 Å². The van der Waals surface area contributed by atoms with Gasteiger partial charge in [-0.1, -0.05) is 23.9 Å². The molecular weight excluding hydrogens is 235 g/mol. The quantitative estimate of drug-likeness (QED) is 0.394. The Labute approximate surface area is 110 Å². The Kier molecular flexibility index (Phi) is 10.00. The summed E-state index contributed by atoms with van der Waals surface area (Å²) in [4.78, 5) is 10.2. The van der Waals surface area contributed by atoms with E-state index in [9.17, 15) is 9.90 Å². The van der Waals surface area contributed by atoms with Crippen LogP contribution >= 0.6 is 0 Å². The minimum Gasteiger partial charge on any atom is -0.872 e. The van der Waals surface area contributed by atoms with E-state index in [1.54, 1.807) is 0 Å². The summed E-state index contributed by atoms with van der Waals surface area (Å²) in [6, 6.07) is 5.54. The molecular formula is C7H6NaO6S-. The summed E-state index contributed by atoms with van der Waals surface area (Å²) >= 11 is -2.86. The summed E-state index contributed by atoms with van der Waals surface area (Å²) in [7, 11) is 0. The maximum absolute atomic E-state index is 10.7. The molecule has 0 heterocycles.